The summed E-state index contributed by atoms with van der Waals surface area (Å²) in [4.78, 5) is 29.8. The summed E-state index contributed by atoms with van der Waals surface area (Å²) in [6.45, 7) is 4.32. The van der Waals surface area contributed by atoms with Crippen LogP contribution in [-0.4, -0.2) is 51.2 Å². The van der Waals surface area contributed by atoms with E-state index in [4.69, 9.17) is 5.73 Å². The molecule has 0 aromatic carbocycles. The summed E-state index contributed by atoms with van der Waals surface area (Å²) in [5.41, 5.74) is 4.46. The molecule has 1 amide bonds. The number of nitrogen functional groups attached to an aromatic ring is 1. The van der Waals surface area contributed by atoms with Gasteiger partial charge in [-0.05, 0) is 25.2 Å². The number of nitrogens with zero attached hydrogens (tertiary/aromatic N) is 2. The molecule has 2 heterocycles. The van der Waals surface area contributed by atoms with Gasteiger partial charge in [-0.3, -0.25) is 9.59 Å². The largest absolute Gasteiger partial charge is 0.481 e. The molecular weight excluding hydrogens is 318 g/mol. The number of carboxylic acid groups (broad SMARTS) is 1. The first-order valence-corrected chi connectivity index (χ1v) is 8.56. The van der Waals surface area contributed by atoms with E-state index < -0.39 is 17.5 Å². The molecule has 4 N–H and O–H groups in total. The van der Waals surface area contributed by atoms with Crippen molar-refractivity contribution in [3.63, 3.8) is 0 Å². The molecule has 1 aromatic heterocycles. The van der Waals surface area contributed by atoms with E-state index in [-0.39, 0.29) is 24.6 Å². The van der Waals surface area contributed by atoms with E-state index in [1.807, 2.05) is 13.8 Å². The number of carboxylic acids is 1. The second-order valence-electron chi connectivity index (χ2n) is 6.50. The van der Waals surface area contributed by atoms with Crippen LogP contribution in [0.1, 0.15) is 43.6 Å². The molecular formula is C15H23N3O4S. The first-order valence-electron chi connectivity index (χ1n) is 7.68. The smallest absolute Gasteiger partial charge is 0.314 e. The molecule has 0 bridgehead atoms. The van der Waals surface area contributed by atoms with Crippen molar-refractivity contribution in [2.45, 2.75) is 39.2 Å². The molecule has 0 aliphatic carbocycles. The standard InChI is InChI=1S/C15H23N3O4S/c1-9(2)3-5-15(13(21)22)8-18(6-4-11(15)19)12(20)10-7-23-14(16)17-10/h7,9,11,19H,3-6,8H2,1-2H3,(H2,16,17)(H,21,22)/t11-,15-/m1/s1. The number of aromatic nitrogens is 1. The lowest BCUT2D eigenvalue weighted by atomic mass is 9.72. The van der Waals surface area contributed by atoms with Crippen molar-refractivity contribution in [1.82, 2.24) is 9.88 Å². The van der Waals surface area contributed by atoms with Crippen LogP contribution in [-0.2, 0) is 4.79 Å². The number of hydrogen-bond donors (Lipinski definition) is 3. The van der Waals surface area contributed by atoms with Gasteiger partial charge in [0.25, 0.3) is 5.91 Å². The highest BCUT2D eigenvalue weighted by Gasteiger charge is 2.50. The van der Waals surface area contributed by atoms with Crippen molar-refractivity contribution in [3.05, 3.63) is 11.1 Å². The topological polar surface area (TPSA) is 117 Å². The van der Waals surface area contributed by atoms with Crippen LogP contribution >= 0.6 is 11.3 Å². The molecule has 8 heteroatoms. The van der Waals surface area contributed by atoms with Crippen LogP contribution in [0.15, 0.2) is 5.38 Å². The van der Waals surface area contributed by atoms with Crippen LogP contribution < -0.4 is 5.73 Å². The highest BCUT2D eigenvalue weighted by molar-refractivity contribution is 7.13. The number of anilines is 1. The lowest BCUT2D eigenvalue weighted by Crippen LogP contribution is -2.57. The number of nitrogens with two attached hydrogens (primary N) is 1. The summed E-state index contributed by atoms with van der Waals surface area (Å²) < 4.78 is 0. The SMILES string of the molecule is CC(C)CC[C@@]1(C(=O)O)CN(C(=O)c2csc(N)n2)CC[C@H]1O. The number of piperidine rings is 1. The van der Waals surface area contributed by atoms with E-state index in [1.165, 1.54) is 16.2 Å². The quantitative estimate of drug-likeness (QED) is 0.746. The number of aliphatic carboxylic acids is 1. The Morgan fingerprint density at radius 2 is 2.26 bits per heavy atom. The van der Waals surface area contributed by atoms with Crippen LogP contribution in [0.2, 0.25) is 0 Å². The first-order chi connectivity index (χ1) is 10.8. The normalized spacial score (nSPS) is 24.9. The Balaban J connectivity index is 2.21. The summed E-state index contributed by atoms with van der Waals surface area (Å²) in [5, 5.41) is 21.9. The summed E-state index contributed by atoms with van der Waals surface area (Å²) in [7, 11) is 0. The number of aliphatic hydroxyl groups is 1. The fourth-order valence-corrected chi connectivity index (χ4v) is 3.45. The van der Waals surface area contributed by atoms with E-state index in [1.54, 1.807) is 5.38 Å². The maximum atomic E-state index is 12.5. The zero-order chi connectivity index (χ0) is 17.2. The van der Waals surface area contributed by atoms with Gasteiger partial charge in [0.05, 0.1) is 6.10 Å². The molecule has 0 spiro atoms. The van der Waals surface area contributed by atoms with Gasteiger partial charge in [-0.1, -0.05) is 13.8 Å². The van der Waals surface area contributed by atoms with Gasteiger partial charge in [-0.2, -0.15) is 0 Å². The van der Waals surface area contributed by atoms with Gasteiger partial charge in [-0.25, -0.2) is 4.98 Å². The fraction of sp³-hybridized carbons (Fsp3) is 0.667. The molecule has 1 fully saturated rings. The number of rotatable bonds is 5. The van der Waals surface area contributed by atoms with E-state index >= 15 is 0 Å². The zero-order valence-corrected chi connectivity index (χ0v) is 14.2. The van der Waals surface area contributed by atoms with Gasteiger partial charge in [0.1, 0.15) is 11.1 Å². The maximum Gasteiger partial charge on any atom is 0.314 e. The fourth-order valence-electron chi connectivity index (χ4n) is 2.91. The lowest BCUT2D eigenvalue weighted by molar-refractivity contribution is -0.163. The number of aliphatic hydroxyl groups excluding tert-OH is 1. The summed E-state index contributed by atoms with van der Waals surface area (Å²) in [6, 6.07) is 0. The van der Waals surface area contributed by atoms with Crippen molar-refractivity contribution in [2.24, 2.45) is 11.3 Å². The molecule has 0 radical (unpaired) electrons. The number of carbonyl (C=O) groups excluding carboxylic acids is 1. The first kappa shape index (κ1) is 17.7. The molecule has 1 aromatic rings. The summed E-state index contributed by atoms with van der Waals surface area (Å²) >= 11 is 1.17. The maximum absolute atomic E-state index is 12.5. The van der Waals surface area contributed by atoms with E-state index in [0.29, 0.717) is 30.4 Å². The Hall–Kier alpha value is -1.67. The summed E-state index contributed by atoms with van der Waals surface area (Å²) in [6.07, 6.45) is 0.304. The zero-order valence-electron chi connectivity index (χ0n) is 13.4. The van der Waals surface area contributed by atoms with Crippen molar-refractivity contribution in [3.8, 4) is 0 Å². The van der Waals surface area contributed by atoms with Crippen LogP contribution in [0, 0.1) is 11.3 Å². The number of thiazole rings is 1. The van der Waals surface area contributed by atoms with Crippen LogP contribution in [0.4, 0.5) is 5.13 Å². The monoisotopic (exact) mass is 341 g/mol. The predicted octanol–water partition coefficient (Wildman–Crippen LogP) is 1.44. The molecule has 1 saturated heterocycles. The third kappa shape index (κ3) is 3.64. The Morgan fingerprint density at radius 3 is 2.78 bits per heavy atom. The van der Waals surface area contributed by atoms with Crippen LogP contribution in [0.25, 0.3) is 0 Å². The molecule has 23 heavy (non-hydrogen) atoms. The van der Waals surface area contributed by atoms with Crippen molar-refractivity contribution in [1.29, 1.82) is 0 Å². The van der Waals surface area contributed by atoms with Gasteiger partial charge >= 0.3 is 5.97 Å². The second kappa shape index (κ2) is 6.84. The molecule has 0 unspecified atom stereocenters. The van der Waals surface area contributed by atoms with E-state index in [2.05, 4.69) is 4.98 Å². The molecule has 7 nitrogen and oxygen atoms in total. The lowest BCUT2D eigenvalue weighted by Gasteiger charge is -2.43. The minimum Gasteiger partial charge on any atom is -0.481 e. The average Bonchev–Trinajstić information content (AvgIpc) is 2.92. The third-order valence-electron chi connectivity index (χ3n) is 4.41. The van der Waals surface area contributed by atoms with Crippen molar-refractivity contribution < 1.29 is 19.8 Å². The van der Waals surface area contributed by atoms with Crippen molar-refractivity contribution >= 4 is 28.3 Å². The minimum atomic E-state index is -1.32. The van der Waals surface area contributed by atoms with E-state index in [9.17, 15) is 19.8 Å². The Bertz CT molecular complexity index is 589. The van der Waals surface area contributed by atoms with Crippen LogP contribution in [0.5, 0.6) is 0 Å². The number of hydrogen-bond acceptors (Lipinski definition) is 6. The summed E-state index contributed by atoms with van der Waals surface area (Å²) in [5.74, 6) is -1.07. The molecule has 2 rings (SSSR count). The van der Waals surface area contributed by atoms with Gasteiger partial charge < -0.3 is 20.8 Å². The highest BCUT2D eigenvalue weighted by atomic mass is 32.1. The average molecular weight is 341 g/mol. The molecule has 128 valence electrons. The number of likely N-dealkylation sites (tertiary alicyclic amines) is 1. The number of amides is 1. The van der Waals surface area contributed by atoms with Gasteiger partial charge in [0.15, 0.2) is 5.13 Å². The molecule has 2 atom stereocenters. The van der Waals surface area contributed by atoms with E-state index in [0.717, 1.165) is 0 Å². The van der Waals surface area contributed by atoms with Crippen LogP contribution in [0.3, 0.4) is 0 Å². The van der Waals surface area contributed by atoms with Gasteiger partial charge in [-0.15, -0.1) is 11.3 Å². The highest BCUT2D eigenvalue weighted by Crippen LogP contribution is 2.37. The molecule has 1 aliphatic rings. The number of carbonyl (C=O) groups is 2. The Labute approximate surface area is 139 Å². The van der Waals surface area contributed by atoms with Gasteiger partial charge in [0.2, 0.25) is 0 Å². The Kier molecular flexibility index (Phi) is 5.26. The Morgan fingerprint density at radius 1 is 1.57 bits per heavy atom. The third-order valence-corrected chi connectivity index (χ3v) is 5.08. The molecule has 1 aliphatic heterocycles. The van der Waals surface area contributed by atoms with Crippen molar-refractivity contribution in [2.75, 3.05) is 18.8 Å². The second-order valence-corrected chi connectivity index (χ2v) is 7.39. The molecule has 0 saturated carbocycles. The predicted molar refractivity (Wildman–Crippen MR) is 87.2 cm³/mol. The van der Waals surface area contributed by atoms with Gasteiger partial charge in [0, 0.05) is 18.5 Å². The minimum absolute atomic E-state index is 0.00746.